The summed E-state index contributed by atoms with van der Waals surface area (Å²) in [6.07, 6.45) is 0. The van der Waals surface area contributed by atoms with Gasteiger partial charge in [-0.15, -0.1) is 0 Å². The molecule has 0 saturated heterocycles. The van der Waals surface area contributed by atoms with Crippen molar-refractivity contribution in [2.24, 2.45) is 0 Å². The van der Waals surface area contributed by atoms with E-state index < -0.39 is 0 Å². The summed E-state index contributed by atoms with van der Waals surface area (Å²) < 4.78 is 5.44. The van der Waals surface area contributed by atoms with E-state index in [2.05, 4.69) is 25.8 Å². The SMILES string of the molecule is Cc1nc2cc(O)c(C(C)(C)C)cc2o1. The Hall–Kier alpha value is -1.51. The van der Waals surface area contributed by atoms with Crippen molar-refractivity contribution in [2.45, 2.75) is 33.1 Å². The fourth-order valence-electron chi connectivity index (χ4n) is 1.68. The van der Waals surface area contributed by atoms with Gasteiger partial charge in [0.15, 0.2) is 11.5 Å². The largest absolute Gasteiger partial charge is 0.508 e. The summed E-state index contributed by atoms with van der Waals surface area (Å²) in [6.45, 7) is 7.96. The van der Waals surface area contributed by atoms with Crippen LogP contribution in [0.4, 0.5) is 0 Å². The minimum atomic E-state index is -0.0982. The summed E-state index contributed by atoms with van der Waals surface area (Å²) in [7, 11) is 0. The third-order valence-corrected chi connectivity index (χ3v) is 2.42. The highest BCUT2D eigenvalue weighted by molar-refractivity contribution is 5.76. The smallest absolute Gasteiger partial charge is 0.192 e. The standard InChI is InChI=1S/C12H15NO2/c1-7-13-9-6-10(14)8(12(2,3)4)5-11(9)15-7/h5-6,14H,1-4H3. The average Bonchev–Trinajstić information content (AvgIpc) is 2.40. The fraction of sp³-hybridized carbons (Fsp3) is 0.417. The van der Waals surface area contributed by atoms with Crippen molar-refractivity contribution in [2.75, 3.05) is 0 Å². The van der Waals surface area contributed by atoms with Gasteiger partial charge < -0.3 is 9.52 Å². The second-order valence-corrected chi connectivity index (χ2v) is 4.82. The van der Waals surface area contributed by atoms with E-state index >= 15 is 0 Å². The molecule has 0 bridgehead atoms. The van der Waals surface area contributed by atoms with E-state index in [9.17, 15) is 5.11 Å². The maximum absolute atomic E-state index is 9.87. The van der Waals surface area contributed by atoms with Gasteiger partial charge in [0.25, 0.3) is 0 Å². The average molecular weight is 205 g/mol. The zero-order valence-corrected chi connectivity index (χ0v) is 9.46. The molecule has 1 N–H and O–H groups in total. The Morgan fingerprint density at radius 3 is 2.53 bits per heavy atom. The number of benzene rings is 1. The van der Waals surface area contributed by atoms with Crippen LogP contribution in [0.3, 0.4) is 0 Å². The number of fused-ring (bicyclic) bond motifs is 1. The first kappa shape index (κ1) is 10.0. The Balaban J connectivity index is 2.72. The van der Waals surface area contributed by atoms with Crippen molar-refractivity contribution in [3.05, 3.63) is 23.6 Å². The third-order valence-electron chi connectivity index (χ3n) is 2.42. The Kier molecular flexibility index (Phi) is 2.00. The zero-order chi connectivity index (χ0) is 11.2. The van der Waals surface area contributed by atoms with Gasteiger partial charge in [-0.25, -0.2) is 4.98 Å². The second kappa shape index (κ2) is 2.99. The minimum Gasteiger partial charge on any atom is -0.508 e. The molecule has 0 amide bonds. The van der Waals surface area contributed by atoms with E-state index in [-0.39, 0.29) is 11.2 Å². The monoisotopic (exact) mass is 205 g/mol. The van der Waals surface area contributed by atoms with Crippen molar-refractivity contribution >= 4 is 11.1 Å². The lowest BCUT2D eigenvalue weighted by Crippen LogP contribution is -2.11. The van der Waals surface area contributed by atoms with E-state index in [0.29, 0.717) is 11.4 Å². The maximum Gasteiger partial charge on any atom is 0.192 e. The first-order chi connectivity index (χ1) is 6.88. The quantitative estimate of drug-likeness (QED) is 0.718. The van der Waals surface area contributed by atoms with Gasteiger partial charge in [-0.2, -0.15) is 0 Å². The van der Waals surface area contributed by atoms with E-state index in [1.54, 1.807) is 13.0 Å². The van der Waals surface area contributed by atoms with Crippen LogP contribution in [0.25, 0.3) is 11.1 Å². The van der Waals surface area contributed by atoms with E-state index in [0.717, 1.165) is 11.1 Å². The van der Waals surface area contributed by atoms with Crippen molar-refractivity contribution in [1.29, 1.82) is 0 Å². The fourth-order valence-corrected chi connectivity index (χ4v) is 1.68. The van der Waals surface area contributed by atoms with Gasteiger partial charge >= 0.3 is 0 Å². The van der Waals surface area contributed by atoms with Crippen LogP contribution in [0, 0.1) is 6.92 Å². The number of aryl methyl sites for hydroxylation is 1. The molecule has 0 aliphatic heterocycles. The molecule has 0 atom stereocenters. The van der Waals surface area contributed by atoms with E-state index in [1.807, 2.05) is 6.07 Å². The molecule has 0 spiro atoms. The van der Waals surface area contributed by atoms with Gasteiger partial charge in [0.1, 0.15) is 11.3 Å². The molecule has 1 aromatic heterocycles. The number of nitrogens with zero attached hydrogens (tertiary/aromatic N) is 1. The molecule has 0 aliphatic rings. The minimum absolute atomic E-state index is 0.0982. The number of rotatable bonds is 0. The molecule has 0 saturated carbocycles. The lowest BCUT2D eigenvalue weighted by molar-refractivity contribution is 0.447. The van der Waals surface area contributed by atoms with Gasteiger partial charge in [0.05, 0.1) is 0 Å². The summed E-state index contributed by atoms with van der Waals surface area (Å²) in [4.78, 5) is 4.17. The van der Waals surface area contributed by atoms with Crippen LogP contribution in [-0.2, 0) is 5.41 Å². The summed E-state index contributed by atoms with van der Waals surface area (Å²) >= 11 is 0. The third kappa shape index (κ3) is 1.69. The molecule has 3 nitrogen and oxygen atoms in total. The summed E-state index contributed by atoms with van der Waals surface area (Å²) in [5, 5.41) is 9.87. The number of hydrogen-bond donors (Lipinski definition) is 1. The Labute approximate surface area is 88.7 Å². The Morgan fingerprint density at radius 1 is 1.27 bits per heavy atom. The molecule has 80 valence electrons. The van der Waals surface area contributed by atoms with Gasteiger partial charge in [0.2, 0.25) is 0 Å². The van der Waals surface area contributed by atoms with Gasteiger partial charge in [-0.3, -0.25) is 0 Å². The normalized spacial score (nSPS) is 12.3. The highest BCUT2D eigenvalue weighted by Gasteiger charge is 2.20. The summed E-state index contributed by atoms with van der Waals surface area (Å²) in [6, 6.07) is 3.52. The zero-order valence-electron chi connectivity index (χ0n) is 9.46. The lowest BCUT2D eigenvalue weighted by atomic mass is 9.86. The molecule has 1 heterocycles. The van der Waals surface area contributed by atoms with Crippen LogP contribution in [0.15, 0.2) is 16.5 Å². The van der Waals surface area contributed by atoms with Crippen LogP contribution in [0.2, 0.25) is 0 Å². The molecule has 0 aliphatic carbocycles. The van der Waals surface area contributed by atoms with Gasteiger partial charge in [-0.05, 0) is 11.5 Å². The predicted octanol–water partition coefficient (Wildman–Crippen LogP) is 3.14. The summed E-state index contributed by atoms with van der Waals surface area (Å²) in [5.74, 6) is 0.902. The Bertz CT molecular complexity index is 506. The highest BCUT2D eigenvalue weighted by Crippen LogP contribution is 2.34. The molecular formula is C12H15NO2. The van der Waals surface area contributed by atoms with Crippen LogP contribution in [-0.4, -0.2) is 10.1 Å². The van der Waals surface area contributed by atoms with Crippen LogP contribution in [0.1, 0.15) is 32.2 Å². The van der Waals surface area contributed by atoms with Crippen LogP contribution < -0.4 is 0 Å². The van der Waals surface area contributed by atoms with Crippen molar-refractivity contribution in [3.8, 4) is 5.75 Å². The van der Waals surface area contributed by atoms with Gasteiger partial charge in [0, 0.05) is 18.6 Å². The molecule has 3 heteroatoms. The van der Waals surface area contributed by atoms with E-state index in [4.69, 9.17) is 4.42 Å². The molecule has 1 aromatic carbocycles. The van der Waals surface area contributed by atoms with Crippen molar-refractivity contribution in [1.82, 2.24) is 4.98 Å². The van der Waals surface area contributed by atoms with Gasteiger partial charge in [-0.1, -0.05) is 20.8 Å². The predicted molar refractivity (Wildman–Crippen MR) is 59.1 cm³/mol. The molecule has 15 heavy (non-hydrogen) atoms. The molecule has 2 aromatic rings. The maximum atomic E-state index is 9.87. The number of aromatic hydroxyl groups is 1. The van der Waals surface area contributed by atoms with Crippen LogP contribution >= 0.6 is 0 Å². The van der Waals surface area contributed by atoms with Crippen molar-refractivity contribution < 1.29 is 9.52 Å². The van der Waals surface area contributed by atoms with Crippen LogP contribution in [0.5, 0.6) is 5.75 Å². The number of oxazole rings is 1. The second-order valence-electron chi connectivity index (χ2n) is 4.82. The van der Waals surface area contributed by atoms with Crippen molar-refractivity contribution in [3.63, 3.8) is 0 Å². The molecule has 0 unspecified atom stereocenters. The number of phenols is 1. The Morgan fingerprint density at radius 2 is 1.93 bits per heavy atom. The lowest BCUT2D eigenvalue weighted by Gasteiger charge is -2.19. The molecule has 0 radical (unpaired) electrons. The first-order valence-corrected chi connectivity index (χ1v) is 4.98. The van der Waals surface area contributed by atoms with E-state index in [1.165, 1.54) is 0 Å². The topological polar surface area (TPSA) is 46.3 Å². The summed E-state index contributed by atoms with van der Waals surface area (Å²) in [5.41, 5.74) is 2.22. The number of aromatic nitrogens is 1. The molecule has 2 rings (SSSR count). The molecular weight excluding hydrogens is 190 g/mol. The first-order valence-electron chi connectivity index (χ1n) is 4.98. The number of hydrogen-bond acceptors (Lipinski definition) is 3. The highest BCUT2D eigenvalue weighted by atomic mass is 16.3. The molecule has 0 fully saturated rings. The number of phenolic OH excluding ortho intramolecular Hbond substituents is 1.